The van der Waals surface area contributed by atoms with Crippen molar-refractivity contribution < 1.29 is 27.4 Å². The van der Waals surface area contributed by atoms with Crippen LogP contribution in [0.3, 0.4) is 0 Å². The van der Waals surface area contributed by atoms with E-state index < -0.39 is 27.6 Å². The second-order valence-electron chi connectivity index (χ2n) is 8.93. The summed E-state index contributed by atoms with van der Waals surface area (Å²) < 4.78 is 43.7. The van der Waals surface area contributed by atoms with E-state index in [9.17, 15) is 22.7 Å². The highest BCUT2D eigenvalue weighted by Crippen LogP contribution is 2.40. The summed E-state index contributed by atoms with van der Waals surface area (Å²) in [6.45, 7) is 6.15. The topological polar surface area (TPSA) is 93.6 Å². The Morgan fingerprint density at radius 1 is 1.06 bits per heavy atom. The molecule has 2 unspecified atom stereocenters. The Kier molecular flexibility index (Phi) is 8.84. The van der Waals surface area contributed by atoms with Gasteiger partial charge < -0.3 is 9.84 Å². The van der Waals surface area contributed by atoms with E-state index in [1.165, 1.54) is 24.3 Å². The molecule has 1 N–H and O–H groups in total. The Bertz CT molecular complexity index is 1310. The molecule has 0 aliphatic carbocycles. The van der Waals surface area contributed by atoms with E-state index in [1.807, 2.05) is 26.8 Å². The van der Waals surface area contributed by atoms with Crippen LogP contribution in [0.5, 0.6) is 5.88 Å². The third kappa shape index (κ3) is 6.29. The van der Waals surface area contributed by atoms with Gasteiger partial charge in [-0.1, -0.05) is 39.3 Å². The van der Waals surface area contributed by atoms with Gasteiger partial charge in [-0.3, -0.25) is 4.79 Å². The average Bonchev–Trinajstić information content (AvgIpc) is 2.84. The summed E-state index contributed by atoms with van der Waals surface area (Å²) in [5.74, 6) is -1.96. The first-order chi connectivity index (χ1) is 17.1. The molecule has 0 radical (unpaired) electrons. The van der Waals surface area contributed by atoms with Crippen LogP contribution in [0.15, 0.2) is 59.5 Å². The van der Waals surface area contributed by atoms with Gasteiger partial charge in [-0.15, -0.1) is 0 Å². The molecule has 0 bridgehead atoms. The molecule has 3 rings (SSSR count). The number of carboxylic acids is 1. The lowest BCUT2D eigenvalue weighted by Crippen LogP contribution is -2.20. The van der Waals surface area contributed by atoms with Crippen molar-refractivity contribution in [2.75, 3.05) is 12.9 Å². The number of unbranched alkanes of at least 4 members (excludes halogenated alkanes) is 1. The standard InChI is InChI=1S/C28H32FNO5S/c1-5-7-16-35-27-24(18(3)23(6-2)28(31)32)17-25(19-10-14-22(15-11-19)36(4,33)34)26(30-27)20-8-12-21(29)13-9-20/h8-15,17-18,23H,5-7,16H2,1-4H3,(H,31,32). The number of hydrogen-bond donors (Lipinski definition) is 1. The van der Waals surface area contributed by atoms with Crippen LogP contribution in [0.4, 0.5) is 4.39 Å². The van der Waals surface area contributed by atoms with Crippen molar-refractivity contribution in [1.82, 2.24) is 4.98 Å². The number of carbonyl (C=O) groups is 1. The highest BCUT2D eigenvalue weighted by Gasteiger charge is 2.29. The minimum atomic E-state index is -3.38. The Hall–Kier alpha value is -3.26. The predicted octanol–water partition coefficient (Wildman–Crippen LogP) is 6.35. The SMILES string of the molecule is CCCCOc1nc(-c2ccc(F)cc2)c(-c2ccc(S(C)(=O)=O)cc2)cc1C(C)C(CC)C(=O)O. The van der Waals surface area contributed by atoms with Crippen LogP contribution in [0.25, 0.3) is 22.4 Å². The maximum absolute atomic E-state index is 13.7. The molecular weight excluding hydrogens is 481 g/mol. The molecule has 0 fully saturated rings. The van der Waals surface area contributed by atoms with Gasteiger partial charge in [-0.05, 0) is 66.8 Å². The summed E-state index contributed by atoms with van der Waals surface area (Å²) in [5.41, 5.74) is 3.22. The number of pyridine rings is 1. The molecule has 0 aliphatic rings. The molecule has 0 saturated carbocycles. The molecule has 3 aromatic rings. The molecule has 8 heteroatoms. The van der Waals surface area contributed by atoms with Crippen molar-refractivity contribution in [2.45, 2.75) is 50.8 Å². The molecule has 1 heterocycles. The van der Waals surface area contributed by atoms with Gasteiger partial charge >= 0.3 is 5.97 Å². The quantitative estimate of drug-likeness (QED) is 0.300. The predicted molar refractivity (Wildman–Crippen MR) is 138 cm³/mol. The molecule has 0 spiro atoms. The minimum Gasteiger partial charge on any atom is -0.481 e. The molecule has 0 saturated heterocycles. The largest absolute Gasteiger partial charge is 0.481 e. The smallest absolute Gasteiger partial charge is 0.307 e. The number of rotatable bonds is 11. The highest BCUT2D eigenvalue weighted by atomic mass is 32.2. The molecule has 2 aromatic carbocycles. The number of carboxylic acid groups (broad SMARTS) is 1. The second-order valence-corrected chi connectivity index (χ2v) is 10.9. The van der Waals surface area contributed by atoms with Gasteiger partial charge in [0, 0.05) is 22.9 Å². The summed E-state index contributed by atoms with van der Waals surface area (Å²) in [6.07, 6.45) is 3.31. The Labute approximate surface area is 212 Å². The molecule has 0 aliphatic heterocycles. The summed E-state index contributed by atoms with van der Waals surface area (Å²) >= 11 is 0. The number of nitrogens with zero attached hydrogens (tertiary/aromatic N) is 1. The van der Waals surface area contributed by atoms with E-state index in [-0.39, 0.29) is 10.7 Å². The fourth-order valence-electron chi connectivity index (χ4n) is 4.16. The van der Waals surface area contributed by atoms with Crippen LogP contribution in [0.2, 0.25) is 0 Å². The third-order valence-corrected chi connectivity index (χ3v) is 7.44. The molecule has 2 atom stereocenters. The molecule has 36 heavy (non-hydrogen) atoms. The lowest BCUT2D eigenvalue weighted by Gasteiger charge is -2.24. The zero-order chi connectivity index (χ0) is 26.5. The molecule has 1 aromatic heterocycles. The number of hydrogen-bond acceptors (Lipinski definition) is 5. The van der Waals surface area contributed by atoms with Crippen molar-refractivity contribution >= 4 is 15.8 Å². The van der Waals surface area contributed by atoms with Crippen LogP contribution in [0, 0.1) is 11.7 Å². The number of halogens is 1. The molecule has 0 amide bonds. The summed E-state index contributed by atoms with van der Waals surface area (Å²) in [5, 5.41) is 9.81. The van der Waals surface area contributed by atoms with E-state index in [4.69, 9.17) is 9.72 Å². The Balaban J connectivity index is 2.27. The first-order valence-corrected chi connectivity index (χ1v) is 13.9. The number of ether oxygens (including phenoxy) is 1. The van der Waals surface area contributed by atoms with Crippen molar-refractivity contribution in [3.63, 3.8) is 0 Å². The van der Waals surface area contributed by atoms with Gasteiger partial charge in [0.1, 0.15) is 5.82 Å². The molecule has 192 valence electrons. The first-order valence-electron chi connectivity index (χ1n) is 12.0. The zero-order valence-electron chi connectivity index (χ0n) is 21.0. The number of sulfone groups is 1. The van der Waals surface area contributed by atoms with E-state index in [0.29, 0.717) is 46.9 Å². The van der Waals surface area contributed by atoms with Crippen molar-refractivity contribution in [1.29, 1.82) is 0 Å². The zero-order valence-corrected chi connectivity index (χ0v) is 21.8. The van der Waals surface area contributed by atoms with E-state index in [2.05, 4.69) is 0 Å². The van der Waals surface area contributed by atoms with Crippen LogP contribution >= 0.6 is 0 Å². The number of aromatic nitrogens is 1. The van der Waals surface area contributed by atoms with Crippen LogP contribution < -0.4 is 4.74 Å². The van der Waals surface area contributed by atoms with Gasteiger partial charge in [-0.25, -0.2) is 17.8 Å². The van der Waals surface area contributed by atoms with Crippen molar-refractivity contribution in [3.8, 4) is 28.3 Å². The Morgan fingerprint density at radius 2 is 1.67 bits per heavy atom. The van der Waals surface area contributed by atoms with E-state index in [1.54, 1.807) is 24.3 Å². The van der Waals surface area contributed by atoms with Gasteiger partial charge in [0.2, 0.25) is 5.88 Å². The maximum atomic E-state index is 13.7. The van der Waals surface area contributed by atoms with Crippen LogP contribution in [-0.2, 0) is 14.6 Å². The van der Waals surface area contributed by atoms with Crippen molar-refractivity contribution in [3.05, 3.63) is 66.0 Å². The summed E-state index contributed by atoms with van der Waals surface area (Å²) in [7, 11) is -3.38. The normalized spacial score (nSPS) is 13.2. The van der Waals surface area contributed by atoms with Gasteiger partial charge in [0.05, 0.1) is 23.1 Å². The first kappa shape index (κ1) is 27.3. The number of benzene rings is 2. The highest BCUT2D eigenvalue weighted by molar-refractivity contribution is 7.90. The van der Waals surface area contributed by atoms with Crippen LogP contribution in [-0.4, -0.2) is 37.3 Å². The summed E-state index contributed by atoms with van der Waals surface area (Å²) in [4.78, 5) is 17.0. The number of aliphatic carboxylic acids is 1. The lowest BCUT2D eigenvalue weighted by atomic mass is 9.84. The van der Waals surface area contributed by atoms with Gasteiger partial charge in [-0.2, -0.15) is 0 Å². The lowest BCUT2D eigenvalue weighted by molar-refractivity contribution is -0.142. The fraction of sp³-hybridized carbons (Fsp3) is 0.357. The Morgan fingerprint density at radius 3 is 2.19 bits per heavy atom. The monoisotopic (exact) mass is 513 g/mol. The molecule has 6 nitrogen and oxygen atoms in total. The summed E-state index contributed by atoms with van der Waals surface area (Å²) in [6, 6.07) is 14.3. The minimum absolute atomic E-state index is 0.188. The average molecular weight is 514 g/mol. The third-order valence-electron chi connectivity index (χ3n) is 6.31. The fourth-order valence-corrected chi connectivity index (χ4v) is 4.79. The van der Waals surface area contributed by atoms with Gasteiger partial charge in [0.25, 0.3) is 0 Å². The second kappa shape index (κ2) is 11.6. The van der Waals surface area contributed by atoms with Crippen LogP contribution in [0.1, 0.15) is 51.5 Å². The molecular formula is C28H32FNO5S. The van der Waals surface area contributed by atoms with E-state index in [0.717, 1.165) is 19.1 Å². The van der Waals surface area contributed by atoms with Gasteiger partial charge in [0.15, 0.2) is 9.84 Å². The van der Waals surface area contributed by atoms with E-state index >= 15 is 0 Å². The van der Waals surface area contributed by atoms with Crippen molar-refractivity contribution in [2.24, 2.45) is 5.92 Å². The maximum Gasteiger partial charge on any atom is 0.307 e.